The first-order valence-corrected chi connectivity index (χ1v) is 10.2. The predicted octanol–water partition coefficient (Wildman–Crippen LogP) is 2.01. The topological polar surface area (TPSA) is 110 Å². The largest absolute Gasteiger partial charge is 0.375 e. The minimum Gasteiger partial charge on any atom is -0.375 e. The van der Waals surface area contributed by atoms with Gasteiger partial charge in [0.2, 0.25) is 0 Å². The van der Waals surface area contributed by atoms with Crippen molar-refractivity contribution in [1.29, 1.82) is 0 Å². The normalized spacial score (nSPS) is 14.5. The van der Waals surface area contributed by atoms with Gasteiger partial charge in [0.25, 0.3) is 11.5 Å². The van der Waals surface area contributed by atoms with Crippen LogP contribution in [0.2, 0.25) is 0 Å². The number of nitrogens with one attached hydrogen (secondary N) is 1. The zero-order valence-corrected chi connectivity index (χ0v) is 17.4. The maximum atomic E-state index is 13.3. The van der Waals surface area contributed by atoms with Gasteiger partial charge in [-0.05, 0) is 38.5 Å². The lowest BCUT2D eigenvalue weighted by molar-refractivity contribution is -0.141. The highest BCUT2D eigenvalue weighted by molar-refractivity contribution is 5.88. The summed E-state index contributed by atoms with van der Waals surface area (Å²) in [5.74, 6) is -0.538. The fourth-order valence-electron chi connectivity index (χ4n) is 4.14. The second-order valence-electron chi connectivity index (χ2n) is 8.05. The number of nitrogens with zero attached hydrogens (tertiary/aromatic N) is 2. The molecule has 0 spiro atoms. The van der Waals surface area contributed by atoms with Gasteiger partial charge in [-0.15, -0.1) is 0 Å². The van der Waals surface area contributed by atoms with Crippen LogP contribution < -0.4 is 16.6 Å². The first-order chi connectivity index (χ1) is 14.3. The zero-order valence-electron chi connectivity index (χ0n) is 17.4. The van der Waals surface area contributed by atoms with Gasteiger partial charge in [0.05, 0.1) is 23.4 Å². The molecule has 7 heteroatoms. The van der Waals surface area contributed by atoms with E-state index in [1.165, 1.54) is 0 Å². The highest BCUT2D eigenvalue weighted by Gasteiger charge is 2.40. The fourth-order valence-corrected chi connectivity index (χ4v) is 4.14. The molecule has 0 aliphatic carbocycles. The smallest absolute Gasteiger partial charge is 0.256 e. The molecular formula is C23H26N4O3. The van der Waals surface area contributed by atoms with Gasteiger partial charge in [0.1, 0.15) is 0 Å². The molecule has 1 atom stereocenters. The third kappa shape index (κ3) is 3.02. The van der Waals surface area contributed by atoms with Gasteiger partial charge in [0.15, 0.2) is 5.60 Å². The van der Waals surface area contributed by atoms with Crippen LogP contribution >= 0.6 is 0 Å². The van der Waals surface area contributed by atoms with Crippen LogP contribution in [0, 0.1) is 0 Å². The standard InChI is InChI=1S/C23H26N4O3/c1-4-23(30,22(29)25-13(2)3)17-10-19-20-15(12-27(19)21(28)16(17)11-24)9-14-7-5-6-8-18(14)26-20/h5-10,13,30H,4,11-12,24H2,1-3H3,(H,25,29). The Morgan fingerprint density at radius 2 is 2.07 bits per heavy atom. The number of amides is 1. The summed E-state index contributed by atoms with van der Waals surface area (Å²) >= 11 is 0. The number of pyridine rings is 2. The molecule has 3 heterocycles. The van der Waals surface area contributed by atoms with Crippen LogP contribution in [0.3, 0.4) is 0 Å². The Hall–Kier alpha value is -3.03. The van der Waals surface area contributed by atoms with Crippen LogP contribution in [0.25, 0.3) is 22.3 Å². The lowest BCUT2D eigenvalue weighted by Gasteiger charge is -2.29. The van der Waals surface area contributed by atoms with Crippen LogP contribution in [0.4, 0.5) is 0 Å². The number of fused-ring (bicyclic) bond motifs is 4. The summed E-state index contributed by atoms with van der Waals surface area (Å²) in [7, 11) is 0. The molecule has 0 saturated heterocycles. The van der Waals surface area contributed by atoms with E-state index in [1.54, 1.807) is 17.6 Å². The number of hydrogen-bond donors (Lipinski definition) is 3. The van der Waals surface area contributed by atoms with Crippen molar-refractivity contribution >= 4 is 16.8 Å². The van der Waals surface area contributed by atoms with E-state index >= 15 is 0 Å². The molecule has 1 amide bonds. The highest BCUT2D eigenvalue weighted by atomic mass is 16.3. The molecule has 1 unspecified atom stereocenters. The molecule has 0 fully saturated rings. The minimum atomic E-state index is -1.85. The van der Waals surface area contributed by atoms with E-state index in [4.69, 9.17) is 10.7 Å². The number of carbonyl (C=O) groups is 1. The quantitative estimate of drug-likeness (QED) is 0.470. The van der Waals surface area contributed by atoms with Gasteiger partial charge < -0.3 is 20.7 Å². The minimum absolute atomic E-state index is 0.0720. The van der Waals surface area contributed by atoms with E-state index in [9.17, 15) is 14.7 Å². The monoisotopic (exact) mass is 406 g/mol. The molecule has 4 rings (SSSR count). The molecule has 4 N–H and O–H groups in total. The van der Waals surface area contributed by atoms with Crippen molar-refractivity contribution in [3.05, 3.63) is 63.4 Å². The van der Waals surface area contributed by atoms with Crippen molar-refractivity contribution in [3.63, 3.8) is 0 Å². The number of hydrogen-bond acceptors (Lipinski definition) is 5. The number of rotatable bonds is 5. The summed E-state index contributed by atoms with van der Waals surface area (Å²) < 4.78 is 1.62. The van der Waals surface area contributed by atoms with Crippen LogP contribution in [0.1, 0.15) is 43.9 Å². The SMILES string of the molecule is CCC(O)(C(=O)NC(C)C)c1cc2n(c(=O)c1CN)Cc1cc3ccccc3nc1-2. The fraction of sp³-hybridized carbons (Fsp3) is 0.348. The summed E-state index contributed by atoms with van der Waals surface area (Å²) in [6.07, 6.45) is 0.111. The van der Waals surface area contributed by atoms with Crippen LogP contribution in [0.15, 0.2) is 41.2 Å². The number of para-hydroxylation sites is 1. The van der Waals surface area contributed by atoms with Crippen molar-refractivity contribution in [2.45, 2.75) is 51.9 Å². The number of carbonyl (C=O) groups excluding carboxylic acids is 1. The second kappa shape index (κ2) is 7.34. The Balaban J connectivity index is 1.96. The van der Waals surface area contributed by atoms with Gasteiger partial charge in [-0.25, -0.2) is 4.98 Å². The van der Waals surface area contributed by atoms with E-state index in [0.717, 1.165) is 16.5 Å². The van der Waals surface area contributed by atoms with Crippen molar-refractivity contribution in [2.24, 2.45) is 5.73 Å². The lowest BCUT2D eigenvalue weighted by Crippen LogP contribution is -2.48. The van der Waals surface area contributed by atoms with Gasteiger partial charge in [0, 0.05) is 34.7 Å². The number of aliphatic hydroxyl groups is 1. The van der Waals surface area contributed by atoms with E-state index in [2.05, 4.69) is 5.32 Å². The average Bonchev–Trinajstić information content (AvgIpc) is 3.08. The predicted molar refractivity (Wildman–Crippen MR) is 116 cm³/mol. The molecule has 1 aromatic carbocycles. The van der Waals surface area contributed by atoms with E-state index < -0.39 is 11.5 Å². The number of benzene rings is 1. The van der Waals surface area contributed by atoms with Crippen LogP contribution in [-0.4, -0.2) is 26.6 Å². The lowest BCUT2D eigenvalue weighted by atomic mass is 9.86. The van der Waals surface area contributed by atoms with Gasteiger partial charge in [-0.2, -0.15) is 0 Å². The molecule has 156 valence electrons. The Kier molecular flexibility index (Phi) is 4.95. The summed E-state index contributed by atoms with van der Waals surface area (Å²) in [4.78, 5) is 30.9. The third-order valence-corrected chi connectivity index (χ3v) is 5.73. The molecule has 0 saturated carbocycles. The van der Waals surface area contributed by atoms with Gasteiger partial charge >= 0.3 is 0 Å². The van der Waals surface area contributed by atoms with E-state index in [-0.39, 0.29) is 35.7 Å². The molecule has 3 aromatic rings. The summed E-state index contributed by atoms with van der Waals surface area (Å²) in [5.41, 5.74) is 7.31. The van der Waals surface area contributed by atoms with Crippen molar-refractivity contribution < 1.29 is 9.90 Å². The molecule has 0 radical (unpaired) electrons. The van der Waals surface area contributed by atoms with Gasteiger partial charge in [-0.3, -0.25) is 9.59 Å². The Morgan fingerprint density at radius 3 is 2.73 bits per heavy atom. The molecule has 1 aliphatic heterocycles. The summed E-state index contributed by atoms with van der Waals surface area (Å²) in [6, 6.07) is 11.4. The second-order valence-corrected chi connectivity index (χ2v) is 8.05. The molecule has 0 bridgehead atoms. The number of nitrogens with two attached hydrogens (primary N) is 1. The molecule has 30 heavy (non-hydrogen) atoms. The Bertz CT molecular complexity index is 1220. The van der Waals surface area contributed by atoms with Crippen molar-refractivity contribution in [3.8, 4) is 11.4 Å². The molecular weight excluding hydrogens is 380 g/mol. The molecule has 2 aromatic heterocycles. The first-order valence-electron chi connectivity index (χ1n) is 10.2. The van der Waals surface area contributed by atoms with Crippen LogP contribution in [0.5, 0.6) is 0 Å². The molecule has 7 nitrogen and oxygen atoms in total. The van der Waals surface area contributed by atoms with Gasteiger partial charge in [-0.1, -0.05) is 25.1 Å². The Morgan fingerprint density at radius 1 is 1.33 bits per heavy atom. The van der Waals surface area contributed by atoms with Crippen molar-refractivity contribution in [2.75, 3.05) is 0 Å². The third-order valence-electron chi connectivity index (χ3n) is 5.73. The zero-order chi connectivity index (χ0) is 21.6. The number of aromatic nitrogens is 2. The van der Waals surface area contributed by atoms with Crippen LogP contribution in [-0.2, 0) is 23.5 Å². The molecule has 1 aliphatic rings. The maximum Gasteiger partial charge on any atom is 0.256 e. The van der Waals surface area contributed by atoms with Crippen molar-refractivity contribution in [1.82, 2.24) is 14.9 Å². The summed E-state index contributed by atoms with van der Waals surface area (Å²) in [6.45, 7) is 5.67. The average molecular weight is 406 g/mol. The summed E-state index contributed by atoms with van der Waals surface area (Å²) in [5, 5.41) is 15.1. The van der Waals surface area contributed by atoms with E-state index in [0.29, 0.717) is 17.9 Å². The highest BCUT2D eigenvalue weighted by Crippen LogP contribution is 2.36. The maximum absolute atomic E-state index is 13.3. The Labute approximate surface area is 174 Å². The first kappa shape index (κ1) is 20.3. The van der Waals surface area contributed by atoms with E-state index in [1.807, 2.05) is 44.2 Å².